The minimum Gasteiger partial charge on any atom is -0.353 e. The lowest BCUT2D eigenvalue weighted by atomic mass is 10.0. The van der Waals surface area contributed by atoms with E-state index >= 15 is 0 Å². The van der Waals surface area contributed by atoms with E-state index in [1.54, 1.807) is 23.1 Å². The van der Waals surface area contributed by atoms with Crippen molar-refractivity contribution in [1.82, 2.24) is 19.8 Å². The van der Waals surface area contributed by atoms with Crippen molar-refractivity contribution >= 4 is 27.7 Å². The lowest BCUT2D eigenvalue weighted by Gasteiger charge is -2.36. The molecule has 1 unspecified atom stereocenters. The molecule has 1 fully saturated rings. The summed E-state index contributed by atoms with van der Waals surface area (Å²) in [6.45, 7) is 10.4. The standard InChI is InChI=1S/C22H33N5O4S/c1-5-16(4)23-19(28)14-26-10-12-27(13-11-26)22(29)20(15(2)3)24-21-17-8-6-7-9-18(17)32(30,31)25-21/h6-9,15-16,20H,5,10-14H2,1-4H3,(H,23,28)(H,24,25)/t16?,20-/m0/s1. The monoisotopic (exact) mass is 463 g/mol. The number of hydrogen-bond donors (Lipinski definition) is 2. The molecule has 2 heterocycles. The van der Waals surface area contributed by atoms with Crippen LogP contribution in [0.1, 0.15) is 39.7 Å². The van der Waals surface area contributed by atoms with Crippen LogP contribution in [0.25, 0.3) is 0 Å². The zero-order chi connectivity index (χ0) is 23.5. The fourth-order valence-corrected chi connectivity index (χ4v) is 5.04. The van der Waals surface area contributed by atoms with Crippen LogP contribution in [-0.2, 0) is 19.6 Å². The number of rotatable bonds is 7. The molecule has 0 saturated carbocycles. The maximum absolute atomic E-state index is 13.3. The number of benzene rings is 1. The van der Waals surface area contributed by atoms with Crippen molar-refractivity contribution < 1.29 is 18.0 Å². The van der Waals surface area contributed by atoms with E-state index in [1.807, 2.05) is 32.6 Å². The van der Waals surface area contributed by atoms with Gasteiger partial charge >= 0.3 is 0 Å². The Hall–Kier alpha value is -2.46. The molecule has 0 spiro atoms. The summed E-state index contributed by atoms with van der Waals surface area (Å²) in [6, 6.07) is 6.09. The molecule has 2 aliphatic rings. The number of fused-ring (bicyclic) bond motifs is 1. The molecule has 0 bridgehead atoms. The maximum Gasteiger partial charge on any atom is 0.263 e. The lowest BCUT2D eigenvalue weighted by molar-refractivity contribution is -0.135. The summed E-state index contributed by atoms with van der Waals surface area (Å²) in [5, 5.41) is 2.96. The Labute approximate surface area is 190 Å². The highest BCUT2D eigenvalue weighted by atomic mass is 32.2. The molecular weight excluding hydrogens is 430 g/mol. The molecule has 0 aliphatic carbocycles. The number of carbonyl (C=O) groups is 2. The first kappa shape index (κ1) is 24.2. The second-order valence-corrected chi connectivity index (χ2v) is 10.4. The summed E-state index contributed by atoms with van der Waals surface area (Å²) in [7, 11) is -3.66. The summed E-state index contributed by atoms with van der Waals surface area (Å²) < 4.78 is 27.2. The molecule has 176 valence electrons. The summed E-state index contributed by atoms with van der Waals surface area (Å²) in [4.78, 5) is 33.9. The summed E-state index contributed by atoms with van der Waals surface area (Å²) in [5.74, 6) is -0.0165. The van der Waals surface area contributed by atoms with Crippen LogP contribution in [0, 0.1) is 5.92 Å². The van der Waals surface area contributed by atoms with E-state index in [1.165, 1.54) is 6.07 Å². The van der Waals surface area contributed by atoms with Gasteiger partial charge in [-0.25, -0.2) is 8.42 Å². The van der Waals surface area contributed by atoms with Gasteiger partial charge in [0.15, 0.2) is 0 Å². The fourth-order valence-electron chi connectivity index (χ4n) is 3.80. The van der Waals surface area contributed by atoms with E-state index in [0.717, 1.165) is 6.42 Å². The topological polar surface area (TPSA) is 111 Å². The quantitative estimate of drug-likeness (QED) is 0.622. The predicted octanol–water partition coefficient (Wildman–Crippen LogP) is 0.809. The van der Waals surface area contributed by atoms with E-state index in [0.29, 0.717) is 38.3 Å². The van der Waals surface area contributed by atoms with E-state index < -0.39 is 16.1 Å². The molecular formula is C22H33N5O4S. The van der Waals surface area contributed by atoms with Crippen molar-refractivity contribution in [2.24, 2.45) is 10.9 Å². The number of sulfonamides is 1. The average molecular weight is 464 g/mol. The van der Waals surface area contributed by atoms with Gasteiger partial charge in [-0.3, -0.25) is 24.2 Å². The number of aliphatic imine (C=N–C) groups is 1. The zero-order valence-electron chi connectivity index (χ0n) is 19.2. The third kappa shape index (κ3) is 5.47. The van der Waals surface area contributed by atoms with Crippen LogP contribution in [0.5, 0.6) is 0 Å². The van der Waals surface area contributed by atoms with Gasteiger partial charge in [-0.2, -0.15) is 0 Å². The van der Waals surface area contributed by atoms with Gasteiger partial charge in [0.05, 0.1) is 11.4 Å². The molecule has 32 heavy (non-hydrogen) atoms. The smallest absolute Gasteiger partial charge is 0.263 e. The Morgan fingerprint density at radius 1 is 1.12 bits per heavy atom. The second-order valence-electron chi connectivity index (χ2n) is 8.75. The molecule has 1 aromatic carbocycles. The molecule has 9 nitrogen and oxygen atoms in total. The average Bonchev–Trinajstić information content (AvgIpc) is 3.02. The minimum absolute atomic E-state index is 0.00207. The first-order chi connectivity index (χ1) is 15.1. The molecule has 0 aromatic heterocycles. The van der Waals surface area contributed by atoms with Crippen molar-refractivity contribution in [3.05, 3.63) is 29.8 Å². The highest BCUT2D eigenvalue weighted by Crippen LogP contribution is 2.24. The van der Waals surface area contributed by atoms with Crippen LogP contribution in [-0.4, -0.2) is 80.7 Å². The van der Waals surface area contributed by atoms with E-state index in [4.69, 9.17) is 0 Å². The van der Waals surface area contributed by atoms with Crippen LogP contribution >= 0.6 is 0 Å². The van der Waals surface area contributed by atoms with Crippen LogP contribution < -0.4 is 10.0 Å². The molecule has 1 aromatic rings. The van der Waals surface area contributed by atoms with Gasteiger partial charge in [-0.05, 0) is 31.4 Å². The highest BCUT2D eigenvalue weighted by Gasteiger charge is 2.34. The molecule has 2 amide bonds. The van der Waals surface area contributed by atoms with Crippen molar-refractivity contribution in [1.29, 1.82) is 0 Å². The van der Waals surface area contributed by atoms with E-state index in [2.05, 4.69) is 15.0 Å². The normalized spacial score (nSPS) is 21.2. The molecule has 3 rings (SSSR count). The first-order valence-corrected chi connectivity index (χ1v) is 12.6. The van der Waals surface area contributed by atoms with Gasteiger partial charge in [0.1, 0.15) is 11.9 Å². The number of nitrogens with zero attached hydrogens (tertiary/aromatic N) is 3. The van der Waals surface area contributed by atoms with Gasteiger partial charge in [0, 0.05) is 37.8 Å². The lowest BCUT2D eigenvalue weighted by Crippen LogP contribution is -2.54. The number of amides is 2. The number of amidine groups is 1. The summed E-state index contributed by atoms with van der Waals surface area (Å²) >= 11 is 0. The van der Waals surface area contributed by atoms with E-state index in [-0.39, 0.29) is 34.5 Å². The van der Waals surface area contributed by atoms with Crippen LogP contribution in [0.4, 0.5) is 0 Å². The minimum atomic E-state index is -3.66. The molecule has 10 heteroatoms. The number of piperazine rings is 1. The van der Waals surface area contributed by atoms with Crippen LogP contribution in [0.15, 0.2) is 34.2 Å². The third-order valence-corrected chi connectivity index (χ3v) is 7.28. The molecule has 2 aliphatic heterocycles. The van der Waals surface area contributed by atoms with Crippen molar-refractivity contribution in [2.75, 3.05) is 32.7 Å². The van der Waals surface area contributed by atoms with Crippen molar-refractivity contribution in [3.63, 3.8) is 0 Å². The molecule has 0 radical (unpaired) electrons. The Morgan fingerprint density at radius 2 is 1.78 bits per heavy atom. The first-order valence-electron chi connectivity index (χ1n) is 11.1. The van der Waals surface area contributed by atoms with Gasteiger partial charge in [0.25, 0.3) is 10.0 Å². The largest absolute Gasteiger partial charge is 0.353 e. The Kier molecular flexibility index (Phi) is 7.55. The molecule has 2 N–H and O–H groups in total. The fraction of sp³-hybridized carbons (Fsp3) is 0.591. The molecule has 2 atom stereocenters. The van der Waals surface area contributed by atoms with Gasteiger partial charge < -0.3 is 10.2 Å². The SMILES string of the molecule is CCC(C)NC(=O)CN1CCN(C(=O)[C@@H](N=C2NS(=O)(=O)c3ccccc32)C(C)C)CC1. The second kappa shape index (κ2) is 9.99. The van der Waals surface area contributed by atoms with Gasteiger partial charge in [-0.1, -0.05) is 32.9 Å². The van der Waals surface area contributed by atoms with Gasteiger partial charge in [0.2, 0.25) is 11.8 Å². The third-order valence-electron chi connectivity index (χ3n) is 5.89. The number of hydrogen-bond acceptors (Lipinski definition) is 6. The van der Waals surface area contributed by atoms with Crippen molar-refractivity contribution in [3.8, 4) is 0 Å². The zero-order valence-corrected chi connectivity index (χ0v) is 20.0. The van der Waals surface area contributed by atoms with Crippen molar-refractivity contribution in [2.45, 2.75) is 51.1 Å². The molecule has 1 saturated heterocycles. The number of carbonyl (C=O) groups excluding carboxylic acids is 2. The van der Waals surface area contributed by atoms with Gasteiger partial charge in [-0.15, -0.1) is 0 Å². The van der Waals surface area contributed by atoms with Crippen LogP contribution in [0.3, 0.4) is 0 Å². The Morgan fingerprint density at radius 3 is 2.41 bits per heavy atom. The van der Waals surface area contributed by atoms with Crippen LogP contribution in [0.2, 0.25) is 0 Å². The maximum atomic E-state index is 13.3. The highest BCUT2D eigenvalue weighted by molar-refractivity contribution is 7.90. The predicted molar refractivity (Wildman–Crippen MR) is 123 cm³/mol. The number of nitrogens with one attached hydrogen (secondary N) is 2. The Bertz CT molecular complexity index is 984. The summed E-state index contributed by atoms with van der Waals surface area (Å²) in [5.41, 5.74) is 0.489. The van der Waals surface area contributed by atoms with E-state index in [9.17, 15) is 18.0 Å². The summed E-state index contributed by atoms with van der Waals surface area (Å²) in [6.07, 6.45) is 0.883. The Balaban J connectivity index is 1.66.